The first-order valence-corrected chi connectivity index (χ1v) is 10.4. The van der Waals surface area contributed by atoms with Crippen LogP contribution in [0, 0.1) is 0 Å². The summed E-state index contributed by atoms with van der Waals surface area (Å²) in [5, 5.41) is 7.40. The fraction of sp³-hybridized carbons (Fsp3) is 0.250. The van der Waals surface area contributed by atoms with Crippen molar-refractivity contribution >= 4 is 35.4 Å². The molecule has 0 radical (unpaired) electrons. The Morgan fingerprint density at radius 1 is 1.03 bits per heavy atom. The van der Waals surface area contributed by atoms with Crippen LogP contribution in [0.3, 0.4) is 0 Å². The van der Waals surface area contributed by atoms with Crippen LogP contribution in [0.5, 0.6) is 0 Å². The molecular formula is C24H26N4O5. The van der Waals surface area contributed by atoms with E-state index in [0.717, 1.165) is 5.69 Å². The van der Waals surface area contributed by atoms with E-state index in [4.69, 9.17) is 9.47 Å². The molecule has 1 aliphatic rings. The van der Waals surface area contributed by atoms with Crippen LogP contribution in [-0.2, 0) is 23.9 Å². The molecule has 2 atom stereocenters. The summed E-state index contributed by atoms with van der Waals surface area (Å²) in [4.78, 5) is 35.2. The summed E-state index contributed by atoms with van der Waals surface area (Å²) in [6, 6.07) is 18.0. The number of carbonyl (C=O) groups is 3. The topological polar surface area (TPSA) is 101 Å². The molecule has 1 N–H and O–H groups in total. The highest BCUT2D eigenvalue weighted by Gasteiger charge is 2.32. The van der Waals surface area contributed by atoms with Gasteiger partial charge in [-0.05, 0) is 30.3 Å². The van der Waals surface area contributed by atoms with Crippen molar-refractivity contribution in [2.45, 2.75) is 32.9 Å². The van der Waals surface area contributed by atoms with E-state index in [1.165, 1.54) is 25.8 Å². The number of amides is 1. The maximum atomic E-state index is 12.1. The average Bonchev–Trinajstić information content (AvgIpc) is 3.22. The molecule has 0 bridgehead atoms. The summed E-state index contributed by atoms with van der Waals surface area (Å²) in [6.45, 7) is 3.87. The quantitative estimate of drug-likeness (QED) is 0.375. The molecular weight excluding hydrogens is 424 g/mol. The molecule has 0 saturated carbocycles. The summed E-state index contributed by atoms with van der Waals surface area (Å²) in [6.07, 6.45) is 2.54. The predicted octanol–water partition coefficient (Wildman–Crippen LogP) is 2.80. The Kier molecular flexibility index (Phi) is 7.93. The van der Waals surface area contributed by atoms with Gasteiger partial charge in [0.25, 0.3) is 0 Å². The van der Waals surface area contributed by atoms with Gasteiger partial charge in [-0.25, -0.2) is 10.4 Å². The summed E-state index contributed by atoms with van der Waals surface area (Å²) < 4.78 is 10.6. The Morgan fingerprint density at radius 3 is 2.24 bits per heavy atom. The lowest BCUT2D eigenvalue weighted by atomic mass is 10.2. The fourth-order valence-electron chi connectivity index (χ4n) is 3.26. The normalized spacial score (nSPS) is 16.3. The molecule has 9 nitrogen and oxygen atoms in total. The Hall–Kier alpha value is -3.98. The molecule has 1 heterocycles. The first kappa shape index (κ1) is 23.7. The monoisotopic (exact) mass is 450 g/mol. The van der Waals surface area contributed by atoms with E-state index in [0.29, 0.717) is 11.4 Å². The van der Waals surface area contributed by atoms with Gasteiger partial charge in [-0.1, -0.05) is 36.4 Å². The maximum absolute atomic E-state index is 12.1. The van der Waals surface area contributed by atoms with Crippen LogP contribution in [0.1, 0.15) is 20.8 Å². The van der Waals surface area contributed by atoms with Crippen molar-refractivity contribution in [1.29, 1.82) is 0 Å². The third-order valence-corrected chi connectivity index (χ3v) is 4.62. The lowest BCUT2D eigenvalue weighted by Crippen LogP contribution is -2.42. The van der Waals surface area contributed by atoms with Gasteiger partial charge in [-0.3, -0.25) is 19.4 Å². The minimum Gasteiger partial charge on any atom is -0.461 e. The highest BCUT2D eigenvalue weighted by molar-refractivity contribution is 5.92. The van der Waals surface area contributed by atoms with Gasteiger partial charge < -0.3 is 9.47 Å². The van der Waals surface area contributed by atoms with Crippen LogP contribution in [0.25, 0.3) is 0 Å². The number of para-hydroxylation sites is 2. The third-order valence-electron chi connectivity index (χ3n) is 4.62. The van der Waals surface area contributed by atoms with E-state index in [-0.39, 0.29) is 12.5 Å². The summed E-state index contributed by atoms with van der Waals surface area (Å²) >= 11 is 0. The number of hydrazine groups is 1. The number of esters is 2. The lowest BCUT2D eigenvalue weighted by Gasteiger charge is -2.28. The number of nitrogens with zero attached hydrogens (tertiary/aromatic N) is 3. The van der Waals surface area contributed by atoms with Crippen molar-refractivity contribution < 1.29 is 23.9 Å². The van der Waals surface area contributed by atoms with E-state index < -0.39 is 24.1 Å². The van der Waals surface area contributed by atoms with Crippen LogP contribution >= 0.6 is 0 Å². The zero-order valence-corrected chi connectivity index (χ0v) is 18.7. The molecule has 2 aromatic rings. The van der Waals surface area contributed by atoms with E-state index in [1.54, 1.807) is 29.4 Å². The molecule has 0 fully saturated rings. The number of nitrogens with one attached hydrogen (secondary N) is 1. The smallest absolute Gasteiger partial charge is 0.303 e. The Bertz CT molecular complexity index is 1040. The van der Waals surface area contributed by atoms with Crippen molar-refractivity contribution in [3.05, 3.63) is 72.4 Å². The third kappa shape index (κ3) is 6.50. The summed E-state index contributed by atoms with van der Waals surface area (Å²) in [7, 11) is 0. The van der Waals surface area contributed by atoms with Gasteiger partial charge in [0.1, 0.15) is 6.61 Å². The minimum atomic E-state index is -0.837. The van der Waals surface area contributed by atoms with Crippen LogP contribution in [0.2, 0.25) is 0 Å². The van der Waals surface area contributed by atoms with E-state index in [2.05, 4.69) is 10.5 Å². The number of hydrogen-bond acceptors (Lipinski definition) is 8. The number of carbonyl (C=O) groups excluding carboxylic acids is 3. The number of ether oxygens (including phenoxy) is 2. The molecule has 0 saturated heterocycles. The van der Waals surface area contributed by atoms with Crippen LogP contribution in [0.4, 0.5) is 11.4 Å². The molecule has 2 aromatic carbocycles. The number of hydrogen-bond donors (Lipinski definition) is 1. The molecule has 0 aliphatic carbocycles. The standard InChI is InChI=1S/C24H26N4O5/c1-17(29)27(21-10-6-4-7-11-21)25-15-20-14-23(24(33-19(3)31)16-32-18(2)30)28(26-20)22-12-8-5-9-13-22/h4-15,20,24,26H,16H2,1-3H3/b25-15-/t20-,24-/m1/s1. The van der Waals surface area contributed by atoms with Gasteiger partial charge in [0, 0.05) is 27.0 Å². The highest BCUT2D eigenvalue weighted by Crippen LogP contribution is 2.26. The van der Waals surface area contributed by atoms with Crippen molar-refractivity contribution in [2.24, 2.45) is 5.10 Å². The van der Waals surface area contributed by atoms with Gasteiger partial charge in [-0.15, -0.1) is 0 Å². The fourth-order valence-corrected chi connectivity index (χ4v) is 3.26. The summed E-state index contributed by atoms with van der Waals surface area (Å²) in [5.74, 6) is -1.24. The predicted molar refractivity (Wildman–Crippen MR) is 124 cm³/mol. The number of hydrazone groups is 1. The average molecular weight is 450 g/mol. The molecule has 0 spiro atoms. The van der Waals surface area contributed by atoms with Crippen LogP contribution in [0.15, 0.2) is 77.5 Å². The van der Waals surface area contributed by atoms with Crippen LogP contribution in [-0.4, -0.2) is 42.8 Å². The number of rotatable bonds is 8. The Labute approximate surface area is 192 Å². The van der Waals surface area contributed by atoms with Gasteiger partial charge in [-0.2, -0.15) is 5.10 Å². The number of anilines is 2. The van der Waals surface area contributed by atoms with Crippen LogP contribution < -0.4 is 15.4 Å². The molecule has 9 heteroatoms. The van der Waals surface area contributed by atoms with Gasteiger partial charge in [0.15, 0.2) is 6.10 Å². The molecule has 1 amide bonds. The lowest BCUT2D eigenvalue weighted by molar-refractivity contribution is -0.154. The first-order chi connectivity index (χ1) is 15.8. The highest BCUT2D eigenvalue weighted by atomic mass is 16.6. The zero-order chi connectivity index (χ0) is 23.8. The van der Waals surface area contributed by atoms with Crippen molar-refractivity contribution in [1.82, 2.24) is 5.43 Å². The molecule has 172 valence electrons. The first-order valence-electron chi connectivity index (χ1n) is 10.4. The second-order valence-electron chi connectivity index (χ2n) is 7.25. The zero-order valence-electron chi connectivity index (χ0n) is 18.7. The molecule has 0 aromatic heterocycles. The largest absolute Gasteiger partial charge is 0.461 e. The van der Waals surface area contributed by atoms with Crippen molar-refractivity contribution in [3.8, 4) is 0 Å². The van der Waals surface area contributed by atoms with Crippen molar-refractivity contribution in [2.75, 3.05) is 16.6 Å². The van der Waals surface area contributed by atoms with Crippen molar-refractivity contribution in [3.63, 3.8) is 0 Å². The van der Waals surface area contributed by atoms with Gasteiger partial charge >= 0.3 is 11.9 Å². The van der Waals surface area contributed by atoms with E-state index >= 15 is 0 Å². The Morgan fingerprint density at radius 2 is 1.67 bits per heavy atom. The summed E-state index contributed by atoms with van der Waals surface area (Å²) in [5.41, 5.74) is 5.26. The molecule has 33 heavy (non-hydrogen) atoms. The molecule has 3 rings (SSSR count). The van der Waals surface area contributed by atoms with E-state index in [1.807, 2.05) is 48.5 Å². The van der Waals surface area contributed by atoms with E-state index in [9.17, 15) is 14.4 Å². The molecule has 0 unspecified atom stereocenters. The Balaban J connectivity index is 1.91. The number of benzene rings is 2. The maximum Gasteiger partial charge on any atom is 0.303 e. The van der Waals surface area contributed by atoms with Gasteiger partial charge in [0.2, 0.25) is 5.91 Å². The van der Waals surface area contributed by atoms with Gasteiger partial charge in [0.05, 0.1) is 23.1 Å². The second-order valence-corrected chi connectivity index (χ2v) is 7.25. The minimum absolute atomic E-state index is 0.140. The second kappa shape index (κ2) is 11.1. The molecule has 1 aliphatic heterocycles. The SMILES string of the molecule is CC(=O)OC[C@@H](OC(C)=O)C1=C[C@H](/C=N\N(C(C)=O)c2ccccc2)NN1c1ccccc1.